The lowest BCUT2D eigenvalue weighted by Crippen LogP contribution is -2.43. The van der Waals surface area contributed by atoms with E-state index in [4.69, 9.17) is 17.0 Å². The molecule has 1 aliphatic rings. The van der Waals surface area contributed by atoms with Crippen LogP contribution in [0.1, 0.15) is 67.2 Å². The Morgan fingerprint density at radius 1 is 1.30 bits per heavy atom. The van der Waals surface area contributed by atoms with Crippen molar-refractivity contribution in [2.45, 2.75) is 52.5 Å². The van der Waals surface area contributed by atoms with Gasteiger partial charge in [-0.15, -0.1) is 0 Å². The zero-order valence-electron chi connectivity index (χ0n) is 17.6. The molecule has 0 aromatic heterocycles. The molecule has 8 nitrogen and oxygen atoms in total. The van der Waals surface area contributed by atoms with E-state index in [0.29, 0.717) is 17.8 Å². The fraction of sp³-hybridized carbons (Fsp3) is 0.455. The quantitative estimate of drug-likeness (QED) is 0.448. The second kappa shape index (κ2) is 9.92. The Balaban J connectivity index is 2.46. The largest absolute Gasteiger partial charge is 0.450 e. The lowest BCUT2D eigenvalue weighted by Gasteiger charge is -2.26. The third-order valence-electron chi connectivity index (χ3n) is 5.00. The van der Waals surface area contributed by atoms with Crippen LogP contribution in [0.5, 0.6) is 0 Å². The highest BCUT2D eigenvalue weighted by atomic mass is 16.5. The van der Waals surface area contributed by atoms with Gasteiger partial charge in [-0.25, -0.2) is 9.64 Å². The predicted molar refractivity (Wildman–Crippen MR) is 112 cm³/mol. The first kappa shape index (κ1) is 22.9. The average molecular weight is 412 g/mol. The molecule has 0 saturated heterocycles. The molecule has 1 atom stereocenters. The first-order valence-electron chi connectivity index (χ1n) is 9.96. The molecule has 8 heteroatoms. The van der Waals surface area contributed by atoms with E-state index in [1.165, 1.54) is 12.1 Å². The number of nitrogens with one attached hydrogen (secondary N) is 2. The molecule has 1 aliphatic heterocycles. The van der Waals surface area contributed by atoms with Crippen LogP contribution in [-0.4, -0.2) is 30.6 Å². The Labute approximate surface area is 176 Å². The maximum atomic E-state index is 13.0. The van der Waals surface area contributed by atoms with Crippen molar-refractivity contribution < 1.29 is 19.1 Å². The molecule has 0 saturated carbocycles. The third kappa shape index (κ3) is 5.38. The first-order valence-corrected chi connectivity index (χ1v) is 9.96. The summed E-state index contributed by atoms with van der Waals surface area (Å²) in [5, 5.41) is 5.54. The van der Waals surface area contributed by atoms with Crippen LogP contribution >= 0.6 is 0 Å². The smallest absolute Gasteiger partial charge is 0.410 e. The number of cyclic esters (lactones) is 1. The number of ether oxygens (including phenoxy) is 1. The van der Waals surface area contributed by atoms with Gasteiger partial charge in [-0.1, -0.05) is 52.2 Å². The van der Waals surface area contributed by atoms with E-state index in [2.05, 4.69) is 22.4 Å². The molecule has 4 N–H and O–H groups in total. The molecule has 0 spiro atoms. The Bertz CT molecular complexity index is 899. The molecule has 1 aromatic rings. The van der Waals surface area contributed by atoms with Crippen LogP contribution < -0.4 is 16.4 Å². The number of unbranched alkanes of at least 4 members (excludes halogenated alkanes) is 2. The van der Waals surface area contributed by atoms with Gasteiger partial charge in [-0.2, -0.15) is 0 Å². The lowest BCUT2D eigenvalue weighted by atomic mass is 9.87. The number of amides is 3. The Hall–Kier alpha value is -3.34. The van der Waals surface area contributed by atoms with Crippen molar-refractivity contribution in [3.8, 4) is 0 Å². The van der Waals surface area contributed by atoms with Crippen LogP contribution in [0.2, 0.25) is 0 Å². The first-order chi connectivity index (χ1) is 14.2. The summed E-state index contributed by atoms with van der Waals surface area (Å²) in [4.78, 5) is 40.5. The molecule has 1 heterocycles. The summed E-state index contributed by atoms with van der Waals surface area (Å²) in [5.74, 6) is -1.21. The molecule has 1 unspecified atom stereocenters. The summed E-state index contributed by atoms with van der Waals surface area (Å²) >= 11 is 0. The van der Waals surface area contributed by atoms with Crippen LogP contribution in [0.25, 0.3) is 4.85 Å². The summed E-state index contributed by atoms with van der Waals surface area (Å²) in [6, 6.07) is 5.64. The number of hydrogen-bond donors (Lipinski definition) is 3. The van der Waals surface area contributed by atoms with Crippen molar-refractivity contribution in [1.29, 1.82) is 0 Å². The average Bonchev–Trinajstić information content (AvgIpc) is 2.82. The van der Waals surface area contributed by atoms with Crippen molar-refractivity contribution in [3.05, 3.63) is 58.2 Å². The zero-order chi connectivity index (χ0) is 22.3. The highest BCUT2D eigenvalue weighted by Gasteiger charge is 2.36. The maximum absolute atomic E-state index is 13.0. The number of carbonyl (C=O) groups is 3. The van der Waals surface area contributed by atoms with Crippen molar-refractivity contribution >= 4 is 17.9 Å². The van der Waals surface area contributed by atoms with Gasteiger partial charge < -0.3 is 21.1 Å². The lowest BCUT2D eigenvalue weighted by molar-refractivity contribution is 0.0923. The maximum Gasteiger partial charge on any atom is 0.410 e. The summed E-state index contributed by atoms with van der Waals surface area (Å²) in [6.07, 6.45) is 2.54. The van der Waals surface area contributed by atoms with Crippen LogP contribution in [0, 0.1) is 12.0 Å². The van der Waals surface area contributed by atoms with Gasteiger partial charge in [0.2, 0.25) is 5.91 Å². The number of nitrogens with two attached hydrogens (primary N) is 1. The Morgan fingerprint density at radius 3 is 2.57 bits per heavy atom. The van der Waals surface area contributed by atoms with E-state index >= 15 is 0 Å². The normalized spacial score (nSPS) is 16.5. The SMILES string of the molecule is [C-]#[N+]C1=C(C(CCCCC)NC(=O)c2ccccc2C(N)=O)NC(=O)OCC1(C)C. The summed E-state index contributed by atoms with van der Waals surface area (Å²) in [5.41, 5.74) is 5.60. The number of alkyl carbamates (subject to hydrolysis) is 1. The summed E-state index contributed by atoms with van der Waals surface area (Å²) < 4.78 is 5.19. The van der Waals surface area contributed by atoms with Crippen molar-refractivity contribution in [3.63, 3.8) is 0 Å². The van der Waals surface area contributed by atoms with Gasteiger partial charge in [0.1, 0.15) is 0 Å². The van der Waals surface area contributed by atoms with Gasteiger partial charge in [-0.3, -0.25) is 9.59 Å². The molecule has 30 heavy (non-hydrogen) atoms. The number of nitrogens with zero attached hydrogens (tertiary/aromatic N) is 1. The van der Waals surface area contributed by atoms with Crippen molar-refractivity contribution in [2.24, 2.45) is 11.1 Å². The van der Waals surface area contributed by atoms with Crippen LogP contribution in [0.4, 0.5) is 4.79 Å². The van der Waals surface area contributed by atoms with E-state index in [1.54, 1.807) is 12.1 Å². The predicted octanol–water partition coefficient (Wildman–Crippen LogP) is 3.36. The van der Waals surface area contributed by atoms with Crippen molar-refractivity contribution in [2.75, 3.05) is 6.61 Å². The molecule has 0 aliphatic carbocycles. The van der Waals surface area contributed by atoms with E-state index in [9.17, 15) is 14.4 Å². The molecular weight excluding hydrogens is 384 g/mol. The molecule has 160 valence electrons. The molecule has 3 amide bonds. The molecule has 0 bridgehead atoms. The van der Waals surface area contributed by atoms with E-state index < -0.39 is 29.4 Å². The summed E-state index contributed by atoms with van der Waals surface area (Å²) in [6.45, 7) is 13.4. The number of hydrogen-bond acceptors (Lipinski definition) is 4. The minimum absolute atomic E-state index is 0.0557. The van der Waals surface area contributed by atoms with Crippen LogP contribution in [0.3, 0.4) is 0 Å². The standard InChI is InChI=1S/C22H28N4O4/c1-5-6-7-12-16(17-18(24-4)22(2,3)13-30-21(29)26-17)25-20(28)15-11-9-8-10-14(15)19(23)27/h8-11,16H,5-7,12-13H2,1-3H3,(H2,23,27)(H,25,28)(H,26,29). The number of benzene rings is 1. The highest BCUT2D eigenvalue weighted by molar-refractivity contribution is 6.06. The van der Waals surface area contributed by atoms with E-state index in [-0.39, 0.29) is 17.7 Å². The van der Waals surface area contributed by atoms with Gasteiger partial charge >= 0.3 is 6.09 Å². The minimum atomic E-state index is -0.713. The minimum Gasteiger partial charge on any atom is -0.450 e. The van der Waals surface area contributed by atoms with Crippen molar-refractivity contribution in [1.82, 2.24) is 10.6 Å². The monoisotopic (exact) mass is 412 g/mol. The molecular formula is C22H28N4O4. The second-order valence-corrected chi connectivity index (χ2v) is 7.89. The molecule has 0 radical (unpaired) electrons. The van der Waals surface area contributed by atoms with Crippen LogP contribution in [0.15, 0.2) is 35.7 Å². The second-order valence-electron chi connectivity index (χ2n) is 7.89. The zero-order valence-corrected chi connectivity index (χ0v) is 17.6. The molecule has 2 rings (SSSR count). The number of primary amides is 1. The molecule has 1 aromatic carbocycles. The Kier molecular flexibility index (Phi) is 7.59. The van der Waals surface area contributed by atoms with Gasteiger partial charge in [0.25, 0.3) is 5.91 Å². The fourth-order valence-corrected chi connectivity index (χ4v) is 3.37. The number of carbonyl (C=O) groups excluding carboxylic acids is 3. The summed E-state index contributed by atoms with van der Waals surface area (Å²) in [7, 11) is 0. The Morgan fingerprint density at radius 2 is 1.97 bits per heavy atom. The van der Waals surface area contributed by atoms with E-state index in [1.807, 2.05) is 13.8 Å². The molecule has 0 fully saturated rings. The topological polar surface area (TPSA) is 115 Å². The number of rotatable bonds is 8. The fourth-order valence-electron chi connectivity index (χ4n) is 3.37. The van der Waals surface area contributed by atoms with Gasteiger partial charge in [0.05, 0.1) is 30.3 Å². The van der Waals surface area contributed by atoms with Gasteiger partial charge in [-0.05, 0) is 18.6 Å². The van der Waals surface area contributed by atoms with Gasteiger partial charge in [0.15, 0.2) is 5.70 Å². The van der Waals surface area contributed by atoms with Gasteiger partial charge in [0, 0.05) is 11.1 Å². The van der Waals surface area contributed by atoms with Crippen LogP contribution in [-0.2, 0) is 4.74 Å². The highest BCUT2D eigenvalue weighted by Crippen LogP contribution is 2.33. The third-order valence-corrected chi connectivity index (χ3v) is 5.00. The van der Waals surface area contributed by atoms with E-state index in [0.717, 1.165) is 19.3 Å².